The highest BCUT2D eigenvalue weighted by Gasteiger charge is 2.30. The van der Waals surface area contributed by atoms with Gasteiger partial charge in [-0.3, -0.25) is 0 Å². The number of nitrogens with one attached hydrogen (secondary N) is 1. The molecule has 0 fully saturated rings. The number of benzene rings is 2. The summed E-state index contributed by atoms with van der Waals surface area (Å²) in [6, 6.07) is 12.5. The lowest BCUT2D eigenvalue weighted by atomic mass is 9.88. The first-order valence-electron chi connectivity index (χ1n) is 6.27. The molecule has 1 heterocycles. The fourth-order valence-corrected chi connectivity index (χ4v) is 2.79. The van der Waals surface area contributed by atoms with Gasteiger partial charge in [0.05, 0.1) is 13.2 Å². The van der Waals surface area contributed by atoms with Crippen LogP contribution in [0.3, 0.4) is 0 Å². The van der Waals surface area contributed by atoms with Gasteiger partial charge in [0, 0.05) is 17.5 Å². The molecule has 3 nitrogen and oxygen atoms in total. The number of aliphatic hydroxyl groups excluding tert-OH is 1. The third kappa shape index (κ3) is 1.67. The Balaban J connectivity index is 2.23. The number of hydrogen-bond donors (Lipinski definition) is 2. The van der Waals surface area contributed by atoms with E-state index >= 15 is 0 Å². The fraction of sp³-hybridized carbons (Fsp3) is 0.333. The van der Waals surface area contributed by atoms with Crippen molar-refractivity contribution in [2.75, 3.05) is 20.3 Å². The lowest BCUT2D eigenvalue weighted by molar-refractivity contribution is 0.115. The van der Waals surface area contributed by atoms with Crippen molar-refractivity contribution >= 4 is 10.8 Å². The SMILES string of the molecule is CN[C@H]1c2c(ccc3ccccc23)OC[C@H]1CO. The third-order valence-electron chi connectivity index (χ3n) is 3.71. The monoisotopic (exact) mass is 243 g/mol. The van der Waals surface area contributed by atoms with Crippen LogP contribution in [0.15, 0.2) is 36.4 Å². The molecule has 3 rings (SSSR count). The highest BCUT2D eigenvalue weighted by atomic mass is 16.5. The van der Waals surface area contributed by atoms with Gasteiger partial charge in [-0.25, -0.2) is 0 Å². The number of ether oxygens (including phenoxy) is 1. The van der Waals surface area contributed by atoms with E-state index in [-0.39, 0.29) is 18.6 Å². The average Bonchev–Trinajstić information content (AvgIpc) is 2.45. The van der Waals surface area contributed by atoms with Crippen LogP contribution in [0.2, 0.25) is 0 Å². The van der Waals surface area contributed by atoms with E-state index < -0.39 is 0 Å². The summed E-state index contributed by atoms with van der Waals surface area (Å²) in [6.07, 6.45) is 0. The molecule has 0 aromatic heterocycles. The smallest absolute Gasteiger partial charge is 0.124 e. The standard InChI is InChI=1S/C15H17NO2/c1-16-15-11(8-17)9-18-13-7-6-10-4-2-3-5-12(10)14(13)15/h2-7,11,15-17H,8-9H2,1H3/t11-,15-/m1/s1. The van der Waals surface area contributed by atoms with Gasteiger partial charge in [0.15, 0.2) is 0 Å². The first kappa shape index (κ1) is 11.5. The van der Waals surface area contributed by atoms with Gasteiger partial charge in [-0.05, 0) is 23.9 Å². The largest absolute Gasteiger partial charge is 0.493 e. The molecule has 18 heavy (non-hydrogen) atoms. The maximum Gasteiger partial charge on any atom is 0.124 e. The van der Waals surface area contributed by atoms with Gasteiger partial charge >= 0.3 is 0 Å². The summed E-state index contributed by atoms with van der Waals surface area (Å²) in [7, 11) is 1.93. The summed E-state index contributed by atoms with van der Waals surface area (Å²) in [5.41, 5.74) is 1.17. The van der Waals surface area contributed by atoms with Crippen molar-refractivity contribution in [1.82, 2.24) is 5.32 Å². The van der Waals surface area contributed by atoms with Crippen molar-refractivity contribution in [2.24, 2.45) is 5.92 Å². The summed E-state index contributed by atoms with van der Waals surface area (Å²) in [5.74, 6) is 1.03. The van der Waals surface area contributed by atoms with E-state index in [1.165, 1.54) is 16.3 Å². The molecule has 0 saturated carbocycles. The Morgan fingerprint density at radius 3 is 2.89 bits per heavy atom. The summed E-state index contributed by atoms with van der Waals surface area (Å²) >= 11 is 0. The minimum Gasteiger partial charge on any atom is -0.493 e. The van der Waals surface area contributed by atoms with Gasteiger partial charge < -0.3 is 15.2 Å². The minimum atomic E-state index is 0.105. The van der Waals surface area contributed by atoms with Crippen molar-refractivity contribution in [3.8, 4) is 5.75 Å². The van der Waals surface area contributed by atoms with Crippen LogP contribution in [0, 0.1) is 5.92 Å². The molecule has 0 aliphatic carbocycles. The summed E-state index contributed by atoms with van der Waals surface area (Å²) < 4.78 is 5.77. The molecule has 1 aliphatic rings. The Morgan fingerprint density at radius 1 is 1.28 bits per heavy atom. The molecule has 0 bridgehead atoms. The van der Waals surface area contributed by atoms with Crippen molar-refractivity contribution in [3.63, 3.8) is 0 Å². The Kier molecular flexibility index (Phi) is 2.94. The molecule has 2 N–H and O–H groups in total. The number of fused-ring (bicyclic) bond motifs is 3. The molecule has 3 heteroatoms. The van der Waals surface area contributed by atoms with E-state index in [2.05, 4.69) is 23.5 Å². The van der Waals surface area contributed by atoms with Crippen LogP contribution in [0.5, 0.6) is 5.75 Å². The van der Waals surface area contributed by atoms with Crippen LogP contribution in [-0.4, -0.2) is 25.4 Å². The molecule has 94 valence electrons. The Morgan fingerprint density at radius 2 is 2.11 bits per heavy atom. The van der Waals surface area contributed by atoms with E-state index in [9.17, 15) is 5.11 Å². The van der Waals surface area contributed by atoms with Crippen LogP contribution in [0.1, 0.15) is 11.6 Å². The molecule has 0 saturated heterocycles. The highest BCUT2D eigenvalue weighted by molar-refractivity contribution is 5.88. The predicted molar refractivity (Wildman–Crippen MR) is 71.8 cm³/mol. The molecular weight excluding hydrogens is 226 g/mol. The Bertz CT molecular complexity index is 567. The molecule has 0 unspecified atom stereocenters. The van der Waals surface area contributed by atoms with Gasteiger partial charge in [-0.1, -0.05) is 30.3 Å². The van der Waals surface area contributed by atoms with Crippen LogP contribution in [-0.2, 0) is 0 Å². The fourth-order valence-electron chi connectivity index (χ4n) is 2.79. The van der Waals surface area contributed by atoms with E-state index in [0.29, 0.717) is 6.61 Å². The Hall–Kier alpha value is -1.58. The van der Waals surface area contributed by atoms with E-state index in [0.717, 1.165) is 5.75 Å². The number of rotatable bonds is 2. The van der Waals surface area contributed by atoms with Crippen molar-refractivity contribution < 1.29 is 9.84 Å². The molecule has 0 spiro atoms. The lowest BCUT2D eigenvalue weighted by Crippen LogP contribution is -2.35. The average molecular weight is 243 g/mol. The predicted octanol–water partition coefficient (Wildman–Crippen LogP) is 2.10. The van der Waals surface area contributed by atoms with Gasteiger partial charge in [0.25, 0.3) is 0 Å². The van der Waals surface area contributed by atoms with Crippen LogP contribution >= 0.6 is 0 Å². The van der Waals surface area contributed by atoms with E-state index in [1.807, 2.05) is 25.2 Å². The first-order chi connectivity index (χ1) is 8.85. The molecular formula is C15H17NO2. The van der Waals surface area contributed by atoms with Crippen molar-refractivity contribution in [3.05, 3.63) is 42.0 Å². The molecule has 0 radical (unpaired) electrons. The van der Waals surface area contributed by atoms with Gasteiger partial charge in [-0.15, -0.1) is 0 Å². The molecule has 2 aromatic carbocycles. The number of aliphatic hydroxyl groups is 1. The maximum absolute atomic E-state index is 9.47. The second-order valence-electron chi connectivity index (χ2n) is 4.72. The lowest BCUT2D eigenvalue weighted by Gasteiger charge is -2.33. The maximum atomic E-state index is 9.47. The highest BCUT2D eigenvalue weighted by Crippen LogP contribution is 2.39. The van der Waals surface area contributed by atoms with Gasteiger partial charge in [-0.2, -0.15) is 0 Å². The number of hydrogen-bond acceptors (Lipinski definition) is 3. The van der Waals surface area contributed by atoms with E-state index in [1.54, 1.807) is 0 Å². The van der Waals surface area contributed by atoms with Gasteiger partial charge in [0.2, 0.25) is 0 Å². The zero-order chi connectivity index (χ0) is 12.5. The zero-order valence-electron chi connectivity index (χ0n) is 10.4. The quantitative estimate of drug-likeness (QED) is 0.848. The minimum absolute atomic E-state index is 0.105. The second kappa shape index (κ2) is 4.59. The van der Waals surface area contributed by atoms with Crippen molar-refractivity contribution in [1.29, 1.82) is 0 Å². The van der Waals surface area contributed by atoms with Crippen LogP contribution in [0.25, 0.3) is 10.8 Å². The van der Waals surface area contributed by atoms with E-state index in [4.69, 9.17) is 4.74 Å². The zero-order valence-corrected chi connectivity index (χ0v) is 10.4. The summed E-state index contributed by atoms with van der Waals surface area (Å²) in [4.78, 5) is 0. The summed E-state index contributed by atoms with van der Waals surface area (Å²) in [5, 5.41) is 15.2. The molecule has 2 aromatic rings. The van der Waals surface area contributed by atoms with Crippen LogP contribution in [0.4, 0.5) is 0 Å². The second-order valence-corrected chi connectivity index (χ2v) is 4.72. The topological polar surface area (TPSA) is 41.5 Å². The third-order valence-corrected chi connectivity index (χ3v) is 3.71. The normalized spacial score (nSPS) is 22.6. The van der Waals surface area contributed by atoms with Gasteiger partial charge in [0.1, 0.15) is 5.75 Å². The first-order valence-corrected chi connectivity index (χ1v) is 6.27. The molecule has 0 amide bonds. The molecule has 2 atom stereocenters. The van der Waals surface area contributed by atoms with Crippen molar-refractivity contribution in [2.45, 2.75) is 6.04 Å². The van der Waals surface area contributed by atoms with Crippen LogP contribution < -0.4 is 10.1 Å². The molecule has 1 aliphatic heterocycles. The summed E-state index contributed by atoms with van der Waals surface area (Å²) in [6.45, 7) is 0.696. The Labute approximate surface area is 106 Å².